The summed E-state index contributed by atoms with van der Waals surface area (Å²) in [6, 6.07) is 16.9. The molecule has 8 nitrogen and oxygen atoms in total. The monoisotopic (exact) mass is 445 g/mol. The van der Waals surface area contributed by atoms with E-state index in [0.29, 0.717) is 23.6 Å². The van der Waals surface area contributed by atoms with E-state index >= 15 is 0 Å². The Hall–Kier alpha value is -4.33. The predicted octanol–water partition coefficient (Wildman–Crippen LogP) is 3.20. The van der Waals surface area contributed by atoms with Crippen molar-refractivity contribution in [2.75, 3.05) is 11.9 Å². The number of benzene rings is 2. The zero-order valence-electron chi connectivity index (χ0n) is 18.0. The summed E-state index contributed by atoms with van der Waals surface area (Å²) in [4.78, 5) is 42.5. The third-order valence-electron chi connectivity index (χ3n) is 5.27. The second-order valence-corrected chi connectivity index (χ2v) is 7.53. The minimum absolute atomic E-state index is 0.0252. The molecule has 1 aliphatic rings. The number of ether oxygens (including phenoxy) is 2. The first-order chi connectivity index (χ1) is 16.0. The third kappa shape index (κ3) is 4.64. The number of allylic oxidation sites excluding steroid dienone is 1. The molecule has 2 aromatic carbocycles. The van der Waals surface area contributed by atoms with Gasteiger partial charge in [0.05, 0.1) is 17.1 Å². The van der Waals surface area contributed by atoms with Gasteiger partial charge in [-0.3, -0.25) is 14.8 Å². The molecule has 0 amide bonds. The van der Waals surface area contributed by atoms with Gasteiger partial charge in [0.25, 0.3) is 5.56 Å². The molecule has 3 aromatic rings. The molecule has 0 radical (unpaired) electrons. The van der Waals surface area contributed by atoms with Gasteiger partial charge in [0.1, 0.15) is 24.8 Å². The fraction of sp³-hybridized carbons (Fsp3) is 0.160. The number of H-pyrrole nitrogens is 2. The van der Waals surface area contributed by atoms with Crippen molar-refractivity contribution in [3.8, 4) is 5.75 Å². The lowest BCUT2D eigenvalue weighted by molar-refractivity contribution is -0.138. The van der Waals surface area contributed by atoms with Gasteiger partial charge in [-0.2, -0.15) is 0 Å². The van der Waals surface area contributed by atoms with Crippen molar-refractivity contribution in [2.45, 2.75) is 19.4 Å². The lowest BCUT2D eigenvalue weighted by Crippen LogP contribution is -2.35. The molecule has 0 bridgehead atoms. The van der Waals surface area contributed by atoms with Crippen LogP contribution >= 0.6 is 0 Å². The Balaban J connectivity index is 1.77. The molecule has 0 fully saturated rings. The van der Waals surface area contributed by atoms with Gasteiger partial charge in [0.2, 0.25) is 0 Å². The van der Waals surface area contributed by atoms with Gasteiger partial charge in [0, 0.05) is 5.70 Å². The van der Waals surface area contributed by atoms with Crippen LogP contribution in [0.5, 0.6) is 5.75 Å². The van der Waals surface area contributed by atoms with E-state index in [-0.39, 0.29) is 23.6 Å². The van der Waals surface area contributed by atoms with E-state index in [0.717, 1.165) is 5.56 Å². The topological polar surface area (TPSA) is 113 Å². The van der Waals surface area contributed by atoms with Gasteiger partial charge < -0.3 is 14.8 Å². The minimum Gasteiger partial charge on any atom is -0.489 e. The number of carbonyl (C=O) groups excluding carboxylic acids is 1. The summed E-state index contributed by atoms with van der Waals surface area (Å²) in [5.41, 5.74) is 1.37. The van der Waals surface area contributed by atoms with E-state index in [9.17, 15) is 14.4 Å². The quantitative estimate of drug-likeness (QED) is 0.380. The molecule has 8 heteroatoms. The van der Waals surface area contributed by atoms with Gasteiger partial charge in [0.15, 0.2) is 0 Å². The van der Waals surface area contributed by atoms with Crippen molar-refractivity contribution in [2.24, 2.45) is 0 Å². The summed E-state index contributed by atoms with van der Waals surface area (Å²) in [6.45, 7) is 5.65. The molecule has 0 unspecified atom stereocenters. The van der Waals surface area contributed by atoms with Crippen LogP contribution in [0.25, 0.3) is 0 Å². The molecule has 0 saturated carbocycles. The van der Waals surface area contributed by atoms with Crippen LogP contribution in [0.1, 0.15) is 29.5 Å². The number of aromatic amines is 2. The zero-order chi connectivity index (χ0) is 23.4. The molecular weight excluding hydrogens is 422 g/mol. The average Bonchev–Trinajstić information content (AvgIpc) is 2.81. The van der Waals surface area contributed by atoms with E-state index in [1.807, 2.05) is 30.3 Å². The Labute approximate surface area is 189 Å². The number of anilines is 1. The van der Waals surface area contributed by atoms with Crippen molar-refractivity contribution in [1.29, 1.82) is 0 Å². The summed E-state index contributed by atoms with van der Waals surface area (Å²) < 4.78 is 11.2. The predicted molar refractivity (Wildman–Crippen MR) is 124 cm³/mol. The first-order valence-electron chi connectivity index (χ1n) is 10.4. The first-order valence-corrected chi connectivity index (χ1v) is 10.4. The van der Waals surface area contributed by atoms with Crippen molar-refractivity contribution >= 4 is 11.8 Å². The van der Waals surface area contributed by atoms with Crippen LogP contribution in [-0.4, -0.2) is 22.5 Å². The summed E-state index contributed by atoms with van der Waals surface area (Å²) in [7, 11) is 0. The minimum atomic E-state index is -0.778. The first kappa shape index (κ1) is 21.9. The maximum absolute atomic E-state index is 13.0. The largest absolute Gasteiger partial charge is 0.489 e. The molecule has 1 aromatic heterocycles. The second-order valence-electron chi connectivity index (χ2n) is 7.53. The van der Waals surface area contributed by atoms with Crippen LogP contribution in [0, 0.1) is 0 Å². The standard InChI is InChI=1S/C25H23N3O5/c1-3-12-32-24(30)19-15(2)26-22-21(23(29)28-25(31)27-22)20(19)17-10-7-11-18(13-17)33-14-16-8-5-4-6-9-16/h3-11,13,20H,1,12,14H2,2H3,(H3,26,27,28,29,31)/t20-/m1/s1. The van der Waals surface area contributed by atoms with Gasteiger partial charge in [-0.15, -0.1) is 0 Å². The van der Waals surface area contributed by atoms with E-state index in [1.54, 1.807) is 31.2 Å². The van der Waals surface area contributed by atoms with Crippen LogP contribution in [0.4, 0.5) is 5.82 Å². The number of hydrogen-bond donors (Lipinski definition) is 3. The number of rotatable bonds is 7. The summed E-state index contributed by atoms with van der Waals surface area (Å²) in [6.07, 6.45) is 1.47. The Kier molecular flexibility index (Phi) is 6.26. The fourth-order valence-corrected chi connectivity index (χ4v) is 3.83. The van der Waals surface area contributed by atoms with Crippen LogP contribution in [-0.2, 0) is 16.1 Å². The molecule has 0 spiro atoms. The van der Waals surface area contributed by atoms with E-state index in [2.05, 4.69) is 21.9 Å². The summed E-state index contributed by atoms with van der Waals surface area (Å²) >= 11 is 0. The Morgan fingerprint density at radius 1 is 1.09 bits per heavy atom. The molecule has 0 aliphatic carbocycles. The van der Waals surface area contributed by atoms with E-state index in [4.69, 9.17) is 9.47 Å². The smallest absolute Gasteiger partial charge is 0.337 e. The molecule has 168 valence electrons. The summed E-state index contributed by atoms with van der Waals surface area (Å²) in [5, 5.41) is 2.96. The van der Waals surface area contributed by atoms with Crippen LogP contribution < -0.4 is 21.3 Å². The summed E-state index contributed by atoms with van der Waals surface area (Å²) in [5.74, 6) is -0.549. The number of fused-ring (bicyclic) bond motifs is 1. The van der Waals surface area contributed by atoms with Crippen LogP contribution in [0.15, 0.2) is 88.1 Å². The molecular formula is C25H23N3O5. The highest BCUT2D eigenvalue weighted by molar-refractivity contribution is 5.94. The molecule has 0 saturated heterocycles. The lowest BCUT2D eigenvalue weighted by Gasteiger charge is -2.28. The number of aromatic nitrogens is 2. The SMILES string of the molecule is C=CCOC(=O)C1=C(C)Nc2[nH]c(=O)[nH]c(=O)c2[C@@H]1c1cccc(OCc2ccccc2)c1. The van der Waals surface area contributed by atoms with Gasteiger partial charge in [-0.25, -0.2) is 9.59 Å². The molecule has 1 aliphatic heterocycles. The van der Waals surface area contributed by atoms with Crippen molar-refractivity contribution in [3.05, 3.63) is 116 Å². The molecule has 2 heterocycles. The normalized spacial score (nSPS) is 14.8. The molecule has 4 rings (SSSR count). The Morgan fingerprint density at radius 3 is 2.64 bits per heavy atom. The Morgan fingerprint density at radius 2 is 1.88 bits per heavy atom. The Bertz CT molecular complexity index is 1340. The highest BCUT2D eigenvalue weighted by Crippen LogP contribution is 2.40. The average molecular weight is 445 g/mol. The molecule has 1 atom stereocenters. The number of hydrogen-bond acceptors (Lipinski definition) is 6. The highest BCUT2D eigenvalue weighted by Gasteiger charge is 2.36. The number of nitrogens with one attached hydrogen (secondary N) is 3. The zero-order valence-corrected chi connectivity index (χ0v) is 18.0. The van der Waals surface area contributed by atoms with Gasteiger partial charge >= 0.3 is 11.7 Å². The van der Waals surface area contributed by atoms with E-state index in [1.165, 1.54) is 6.08 Å². The molecule has 33 heavy (non-hydrogen) atoms. The number of esters is 1. The van der Waals surface area contributed by atoms with E-state index < -0.39 is 23.1 Å². The molecule has 3 N–H and O–H groups in total. The maximum Gasteiger partial charge on any atom is 0.337 e. The van der Waals surface area contributed by atoms with Gasteiger partial charge in [-0.05, 0) is 30.2 Å². The van der Waals surface area contributed by atoms with Gasteiger partial charge in [-0.1, -0.05) is 55.1 Å². The second kappa shape index (κ2) is 9.44. The van der Waals surface area contributed by atoms with Crippen LogP contribution in [0.2, 0.25) is 0 Å². The lowest BCUT2D eigenvalue weighted by atomic mass is 9.82. The van der Waals surface area contributed by atoms with Crippen LogP contribution in [0.3, 0.4) is 0 Å². The highest BCUT2D eigenvalue weighted by atomic mass is 16.5. The third-order valence-corrected chi connectivity index (χ3v) is 5.27. The number of carbonyl (C=O) groups is 1. The van der Waals surface area contributed by atoms with Crippen molar-refractivity contribution in [3.63, 3.8) is 0 Å². The van der Waals surface area contributed by atoms with Crippen molar-refractivity contribution in [1.82, 2.24) is 9.97 Å². The fourth-order valence-electron chi connectivity index (χ4n) is 3.83. The maximum atomic E-state index is 13.0. The van der Waals surface area contributed by atoms with Crippen molar-refractivity contribution < 1.29 is 14.3 Å².